The number of hydrogen-bond acceptors (Lipinski definition) is 3. The monoisotopic (exact) mass is 284 g/mol. The number of anilines is 1. The maximum atomic E-state index is 13.0. The van der Waals surface area contributed by atoms with Gasteiger partial charge >= 0.3 is 0 Å². The Morgan fingerprint density at radius 2 is 2.35 bits per heavy atom. The Bertz CT molecular complexity index is 480. The maximum Gasteiger partial charge on any atom is 0.262 e. The molecule has 0 bridgehead atoms. The first-order valence-corrected chi connectivity index (χ1v) is 6.65. The minimum atomic E-state index is -2.81. The van der Waals surface area contributed by atoms with Gasteiger partial charge in [0.25, 0.3) is 5.92 Å². The summed E-state index contributed by atoms with van der Waals surface area (Å²) < 4.78 is 31.5. The highest BCUT2D eigenvalue weighted by molar-refractivity contribution is 5.95. The van der Waals surface area contributed by atoms with E-state index in [0.29, 0.717) is 18.0 Å². The molecule has 1 atom stereocenters. The summed E-state index contributed by atoms with van der Waals surface area (Å²) >= 11 is 0. The molecular formula is C14H18F2N2O2. The van der Waals surface area contributed by atoms with Gasteiger partial charge in [0, 0.05) is 18.2 Å². The Morgan fingerprint density at radius 1 is 1.55 bits per heavy atom. The molecule has 1 aromatic rings. The van der Waals surface area contributed by atoms with Crippen LogP contribution in [0.4, 0.5) is 14.5 Å². The molecule has 20 heavy (non-hydrogen) atoms. The van der Waals surface area contributed by atoms with E-state index in [-0.39, 0.29) is 0 Å². The highest BCUT2D eigenvalue weighted by Crippen LogP contribution is 2.26. The maximum absolute atomic E-state index is 13.0. The molecule has 1 aromatic carbocycles. The molecule has 1 saturated heterocycles. The van der Waals surface area contributed by atoms with Crippen molar-refractivity contribution in [3.8, 4) is 5.75 Å². The van der Waals surface area contributed by atoms with Crippen LogP contribution >= 0.6 is 0 Å². The van der Waals surface area contributed by atoms with Crippen LogP contribution in [0.3, 0.4) is 0 Å². The largest absolute Gasteiger partial charge is 0.494 e. The fourth-order valence-electron chi connectivity index (χ4n) is 2.01. The van der Waals surface area contributed by atoms with Gasteiger partial charge in [0.1, 0.15) is 5.75 Å². The fraction of sp³-hybridized carbons (Fsp3) is 0.500. The quantitative estimate of drug-likeness (QED) is 0.873. The second-order valence-electron chi connectivity index (χ2n) is 4.86. The van der Waals surface area contributed by atoms with Gasteiger partial charge in [0.2, 0.25) is 5.91 Å². The number of hydrogen-bond donors (Lipinski definition) is 2. The van der Waals surface area contributed by atoms with Crippen LogP contribution in [0.2, 0.25) is 0 Å². The molecule has 0 spiro atoms. The Labute approximate surface area is 116 Å². The van der Waals surface area contributed by atoms with Crippen LogP contribution in [-0.2, 0) is 4.79 Å². The van der Waals surface area contributed by atoms with Gasteiger partial charge in [-0.25, -0.2) is 8.78 Å². The molecule has 1 heterocycles. The summed E-state index contributed by atoms with van der Waals surface area (Å²) in [5.41, 5.74) is 0.542. The van der Waals surface area contributed by atoms with Crippen molar-refractivity contribution in [2.24, 2.45) is 0 Å². The van der Waals surface area contributed by atoms with Gasteiger partial charge in [0.15, 0.2) is 0 Å². The smallest absolute Gasteiger partial charge is 0.262 e. The van der Waals surface area contributed by atoms with E-state index in [0.717, 1.165) is 6.42 Å². The second-order valence-corrected chi connectivity index (χ2v) is 4.86. The first-order valence-electron chi connectivity index (χ1n) is 6.65. The molecule has 1 fully saturated rings. The molecule has 0 radical (unpaired) electrons. The summed E-state index contributed by atoms with van der Waals surface area (Å²) in [6.45, 7) is 2.14. The zero-order valence-corrected chi connectivity index (χ0v) is 11.3. The summed E-state index contributed by atoms with van der Waals surface area (Å²) in [7, 11) is 0. The Kier molecular flexibility index (Phi) is 4.54. The lowest BCUT2D eigenvalue weighted by atomic mass is 10.2. The third-order valence-electron chi connectivity index (χ3n) is 3.00. The Balaban J connectivity index is 1.94. The van der Waals surface area contributed by atoms with E-state index >= 15 is 0 Å². The number of rotatable bonds is 5. The molecular weight excluding hydrogens is 266 g/mol. The van der Waals surface area contributed by atoms with Crippen molar-refractivity contribution in [3.05, 3.63) is 24.3 Å². The normalized spacial score (nSPS) is 20.6. The lowest BCUT2D eigenvalue weighted by Crippen LogP contribution is -2.35. The number of ether oxygens (including phenoxy) is 1. The summed E-state index contributed by atoms with van der Waals surface area (Å²) in [5, 5.41) is 5.15. The van der Waals surface area contributed by atoms with E-state index in [2.05, 4.69) is 10.6 Å². The zero-order valence-electron chi connectivity index (χ0n) is 11.3. The van der Waals surface area contributed by atoms with Gasteiger partial charge in [-0.2, -0.15) is 0 Å². The molecule has 0 aromatic heterocycles. The van der Waals surface area contributed by atoms with Crippen LogP contribution in [0.15, 0.2) is 24.3 Å². The predicted octanol–water partition coefficient (Wildman–Crippen LogP) is 2.41. The van der Waals surface area contributed by atoms with Gasteiger partial charge < -0.3 is 10.1 Å². The number of carbonyl (C=O) groups excluding carboxylic acids is 1. The van der Waals surface area contributed by atoms with Crippen LogP contribution in [0, 0.1) is 0 Å². The molecule has 6 heteroatoms. The molecule has 0 saturated carbocycles. The molecule has 1 unspecified atom stereocenters. The predicted molar refractivity (Wildman–Crippen MR) is 72.2 cm³/mol. The van der Waals surface area contributed by atoms with Crippen LogP contribution < -0.4 is 15.4 Å². The summed E-state index contributed by atoms with van der Waals surface area (Å²) in [6.07, 6.45) is 0.419. The van der Waals surface area contributed by atoms with E-state index in [1.807, 2.05) is 6.92 Å². The standard InChI is InChI=1S/C14H18F2N2O2/c1-2-6-20-11-5-3-4-10(7-11)18-13(19)12-8-14(15,16)9-17-12/h3-5,7,12,17H,2,6,8-9H2,1H3,(H,18,19). The van der Waals surface area contributed by atoms with Crippen molar-refractivity contribution < 1.29 is 18.3 Å². The van der Waals surface area contributed by atoms with Gasteiger partial charge in [-0.05, 0) is 18.6 Å². The van der Waals surface area contributed by atoms with Crippen molar-refractivity contribution in [2.75, 3.05) is 18.5 Å². The first kappa shape index (κ1) is 14.7. The minimum absolute atomic E-state index is 0.449. The van der Waals surface area contributed by atoms with Gasteiger partial charge in [-0.1, -0.05) is 13.0 Å². The number of alkyl halides is 2. The van der Waals surface area contributed by atoms with Gasteiger partial charge in [-0.15, -0.1) is 0 Å². The van der Waals surface area contributed by atoms with E-state index in [4.69, 9.17) is 4.74 Å². The van der Waals surface area contributed by atoms with Crippen molar-refractivity contribution >= 4 is 11.6 Å². The van der Waals surface area contributed by atoms with Crippen molar-refractivity contribution in [1.29, 1.82) is 0 Å². The first-order chi connectivity index (χ1) is 9.50. The fourth-order valence-corrected chi connectivity index (χ4v) is 2.01. The molecule has 2 N–H and O–H groups in total. The van der Waals surface area contributed by atoms with E-state index in [9.17, 15) is 13.6 Å². The SMILES string of the molecule is CCCOc1cccc(NC(=O)C2CC(F)(F)CN2)c1. The molecule has 2 rings (SSSR count). The van der Waals surface area contributed by atoms with Crippen LogP contribution in [0.25, 0.3) is 0 Å². The molecule has 1 aliphatic rings. The molecule has 1 amide bonds. The third-order valence-corrected chi connectivity index (χ3v) is 3.00. The number of carbonyl (C=O) groups is 1. The van der Waals surface area contributed by atoms with E-state index in [1.165, 1.54) is 0 Å². The molecule has 0 aliphatic carbocycles. The lowest BCUT2D eigenvalue weighted by molar-refractivity contribution is -0.118. The van der Waals surface area contributed by atoms with Crippen LogP contribution in [-0.4, -0.2) is 31.0 Å². The molecule has 1 aliphatic heterocycles. The second kappa shape index (κ2) is 6.17. The molecule has 4 nitrogen and oxygen atoms in total. The van der Waals surface area contributed by atoms with Gasteiger partial charge in [0.05, 0.1) is 19.2 Å². The average molecular weight is 284 g/mol. The number of nitrogens with one attached hydrogen (secondary N) is 2. The highest BCUT2D eigenvalue weighted by atomic mass is 19.3. The summed E-state index contributed by atoms with van der Waals surface area (Å²) in [6, 6.07) is 6.06. The summed E-state index contributed by atoms with van der Waals surface area (Å²) in [4.78, 5) is 11.9. The van der Waals surface area contributed by atoms with Crippen molar-refractivity contribution in [3.63, 3.8) is 0 Å². The number of amides is 1. The average Bonchev–Trinajstić information content (AvgIpc) is 2.77. The lowest BCUT2D eigenvalue weighted by Gasteiger charge is -2.12. The van der Waals surface area contributed by atoms with Crippen molar-refractivity contribution in [1.82, 2.24) is 5.32 Å². The highest BCUT2D eigenvalue weighted by Gasteiger charge is 2.42. The Hall–Kier alpha value is -1.69. The van der Waals surface area contributed by atoms with E-state index < -0.39 is 30.8 Å². The minimum Gasteiger partial charge on any atom is -0.494 e. The number of halogens is 2. The van der Waals surface area contributed by atoms with Crippen molar-refractivity contribution in [2.45, 2.75) is 31.7 Å². The Morgan fingerprint density at radius 3 is 3.00 bits per heavy atom. The topological polar surface area (TPSA) is 50.4 Å². The molecule has 110 valence electrons. The van der Waals surface area contributed by atoms with Crippen LogP contribution in [0.1, 0.15) is 19.8 Å². The van der Waals surface area contributed by atoms with E-state index in [1.54, 1.807) is 24.3 Å². The van der Waals surface area contributed by atoms with Crippen LogP contribution in [0.5, 0.6) is 5.75 Å². The summed E-state index contributed by atoms with van der Waals surface area (Å²) in [5.74, 6) is -2.61. The zero-order chi connectivity index (χ0) is 14.6. The van der Waals surface area contributed by atoms with Gasteiger partial charge in [-0.3, -0.25) is 10.1 Å². The third kappa shape index (κ3) is 3.90. The number of benzene rings is 1.